The van der Waals surface area contributed by atoms with Crippen LogP contribution in [-0.4, -0.2) is 71.7 Å². The summed E-state index contributed by atoms with van der Waals surface area (Å²) in [6, 6.07) is -0.888. The van der Waals surface area contributed by atoms with Gasteiger partial charge >= 0.3 is 11.9 Å². The van der Waals surface area contributed by atoms with E-state index in [9.17, 15) is 9.59 Å². The van der Waals surface area contributed by atoms with Gasteiger partial charge < -0.3 is 36.8 Å². The predicted molar refractivity (Wildman–Crippen MR) is 73.4 cm³/mol. The minimum absolute atomic E-state index is 0.0541. The number of aliphatic hydroxyl groups is 2. The summed E-state index contributed by atoms with van der Waals surface area (Å²) >= 11 is 0. The van der Waals surface area contributed by atoms with E-state index in [0.717, 1.165) is 0 Å². The number of aliphatic hydroxyl groups excluding tert-OH is 2. The molecule has 0 rings (SSSR count). The van der Waals surface area contributed by atoms with E-state index in [-0.39, 0.29) is 18.9 Å². The second-order valence-electron chi connectivity index (χ2n) is 4.20. The van der Waals surface area contributed by atoms with Crippen LogP contribution in [-0.2, 0) is 14.3 Å². The summed E-state index contributed by atoms with van der Waals surface area (Å²) in [5.74, 6) is -2.04. The van der Waals surface area contributed by atoms with Crippen molar-refractivity contribution in [3.63, 3.8) is 0 Å². The number of carbonyl (C=O) groups excluding carboxylic acids is 1. The third-order valence-electron chi connectivity index (χ3n) is 2.47. The van der Waals surface area contributed by atoms with E-state index in [0.29, 0.717) is 13.0 Å². The molecule has 0 bridgehead atoms. The lowest BCUT2D eigenvalue weighted by atomic mass is 10.1. The van der Waals surface area contributed by atoms with E-state index >= 15 is 0 Å². The highest BCUT2D eigenvalue weighted by Gasteiger charge is 2.20. The summed E-state index contributed by atoms with van der Waals surface area (Å²) in [6.45, 7) is -1.05. The SMILES string of the molecule is NC(N)=NCCC[C@H](NCC(CO)OC(=O)CO)C(=O)O. The minimum Gasteiger partial charge on any atom is -0.480 e. The first kappa shape index (κ1) is 19.1. The number of hydrogen-bond donors (Lipinski definition) is 6. The van der Waals surface area contributed by atoms with E-state index < -0.39 is 37.3 Å². The summed E-state index contributed by atoms with van der Waals surface area (Å²) < 4.78 is 4.69. The highest BCUT2D eigenvalue weighted by molar-refractivity contribution is 5.75. The second-order valence-corrected chi connectivity index (χ2v) is 4.20. The van der Waals surface area contributed by atoms with Gasteiger partial charge in [-0.3, -0.25) is 9.79 Å². The average Bonchev–Trinajstić information content (AvgIpc) is 2.43. The van der Waals surface area contributed by atoms with Gasteiger partial charge in [-0.1, -0.05) is 0 Å². The van der Waals surface area contributed by atoms with E-state index in [1.165, 1.54) is 0 Å². The van der Waals surface area contributed by atoms with Gasteiger partial charge in [0.25, 0.3) is 0 Å². The van der Waals surface area contributed by atoms with Crippen molar-refractivity contribution in [2.75, 3.05) is 26.3 Å². The monoisotopic (exact) mass is 306 g/mol. The van der Waals surface area contributed by atoms with Gasteiger partial charge in [0, 0.05) is 13.1 Å². The molecule has 0 aliphatic heterocycles. The van der Waals surface area contributed by atoms with Gasteiger partial charge in [-0.15, -0.1) is 0 Å². The van der Waals surface area contributed by atoms with Crippen LogP contribution in [0, 0.1) is 0 Å². The van der Waals surface area contributed by atoms with Crippen LogP contribution < -0.4 is 16.8 Å². The molecule has 0 amide bonds. The zero-order chi connectivity index (χ0) is 16.3. The molecule has 21 heavy (non-hydrogen) atoms. The predicted octanol–water partition coefficient (Wildman–Crippen LogP) is -3.02. The largest absolute Gasteiger partial charge is 0.480 e. The van der Waals surface area contributed by atoms with Crippen LogP contribution in [0.4, 0.5) is 0 Å². The van der Waals surface area contributed by atoms with Gasteiger partial charge in [0.2, 0.25) is 0 Å². The van der Waals surface area contributed by atoms with Crippen molar-refractivity contribution in [2.24, 2.45) is 16.5 Å². The van der Waals surface area contributed by atoms with Gasteiger partial charge in [-0.25, -0.2) is 4.79 Å². The number of ether oxygens (including phenoxy) is 1. The molecule has 0 saturated carbocycles. The van der Waals surface area contributed by atoms with E-state index in [1.54, 1.807) is 0 Å². The molecule has 0 aliphatic carbocycles. The van der Waals surface area contributed by atoms with Crippen LogP contribution in [0.5, 0.6) is 0 Å². The number of hydrogen-bond acceptors (Lipinski definition) is 7. The quantitative estimate of drug-likeness (QED) is 0.100. The summed E-state index contributed by atoms with van der Waals surface area (Å²) in [5.41, 5.74) is 10.3. The van der Waals surface area contributed by atoms with E-state index in [4.69, 9.17) is 26.8 Å². The summed E-state index contributed by atoms with van der Waals surface area (Å²) in [5, 5.41) is 29.2. The molecule has 10 heteroatoms. The Bertz CT molecular complexity index is 359. The molecule has 0 heterocycles. The lowest BCUT2D eigenvalue weighted by Crippen LogP contribution is -2.43. The fraction of sp³-hybridized carbons (Fsp3) is 0.727. The number of aliphatic imine (C=N–C) groups is 1. The molecule has 10 nitrogen and oxygen atoms in total. The molecular formula is C11H22N4O6. The number of carboxylic acid groups (broad SMARTS) is 1. The van der Waals surface area contributed by atoms with E-state index in [2.05, 4.69) is 15.0 Å². The maximum absolute atomic E-state index is 11.0. The number of esters is 1. The van der Waals surface area contributed by atoms with Crippen molar-refractivity contribution in [1.29, 1.82) is 0 Å². The minimum atomic E-state index is -1.08. The van der Waals surface area contributed by atoms with Crippen molar-refractivity contribution in [3.8, 4) is 0 Å². The maximum atomic E-state index is 11.0. The Kier molecular flexibility index (Phi) is 9.84. The number of nitrogens with zero attached hydrogens (tertiary/aromatic N) is 1. The average molecular weight is 306 g/mol. The molecule has 2 atom stereocenters. The third kappa shape index (κ3) is 9.60. The number of carbonyl (C=O) groups is 2. The summed E-state index contributed by atoms with van der Waals surface area (Å²) in [7, 11) is 0. The van der Waals surface area contributed by atoms with Gasteiger partial charge in [-0.05, 0) is 12.8 Å². The summed E-state index contributed by atoms with van der Waals surface area (Å²) in [4.78, 5) is 25.6. The number of aliphatic carboxylic acids is 1. The van der Waals surface area contributed by atoms with Crippen LogP contribution >= 0.6 is 0 Å². The molecule has 1 unspecified atom stereocenters. The Labute approximate surface area is 121 Å². The number of rotatable bonds is 11. The van der Waals surface area contributed by atoms with Crippen molar-refractivity contribution in [3.05, 3.63) is 0 Å². The van der Waals surface area contributed by atoms with Crippen molar-refractivity contribution < 1.29 is 29.6 Å². The smallest absolute Gasteiger partial charge is 0.332 e. The first-order valence-corrected chi connectivity index (χ1v) is 6.33. The Hall–Kier alpha value is -1.91. The first-order valence-electron chi connectivity index (χ1n) is 6.33. The van der Waals surface area contributed by atoms with Gasteiger partial charge in [0.15, 0.2) is 5.96 Å². The van der Waals surface area contributed by atoms with Gasteiger partial charge in [0.1, 0.15) is 18.8 Å². The molecule has 0 fully saturated rings. The van der Waals surface area contributed by atoms with Crippen molar-refractivity contribution in [2.45, 2.75) is 25.0 Å². The van der Waals surface area contributed by atoms with Crippen LogP contribution in [0.1, 0.15) is 12.8 Å². The first-order chi connectivity index (χ1) is 9.90. The van der Waals surface area contributed by atoms with Crippen LogP contribution in [0.2, 0.25) is 0 Å². The number of carboxylic acids is 1. The standard InChI is InChI=1S/C11H22N4O6/c12-11(13)14-3-1-2-8(10(19)20)15-4-7(5-16)21-9(18)6-17/h7-8,15-17H,1-6H2,(H,19,20)(H4,12,13,14)/t7?,8-/m0/s1. The highest BCUT2D eigenvalue weighted by atomic mass is 16.6. The zero-order valence-corrected chi connectivity index (χ0v) is 11.6. The summed E-state index contributed by atoms with van der Waals surface area (Å²) in [6.07, 6.45) is -0.218. The fourth-order valence-electron chi connectivity index (χ4n) is 1.46. The lowest BCUT2D eigenvalue weighted by Gasteiger charge is -2.19. The van der Waals surface area contributed by atoms with Crippen molar-refractivity contribution >= 4 is 17.9 Å². The van der Waals surface area contributed by atoms with Crippen molar-refractivity contribution in [1.82, 2.24) is 5.32 Å². The Balaban J connectivity index is 4.21. The molecule has 122 valence electrons. The second kappa shape index (κ2) is 10.8. The maximum Gasteiger partial charge on any atom is 0.332 e. The van der Waals surface area contributed by atoms with E-state index in [1.807, 2.05) is 0 Å². The molecule has 0 aliphatic rings. The molecule has 0 spiro atoms. The Morgan fingerprint density at radius 3 is 2.43 bits per heavy atom. The topological polar surface area (TPSA) is 180 Å². The number of nitrogens with one attached hydrogen (secondary N) is 1. The molecule has 0 aromatic carbocycles. The fourth-order valence-corrected chi connectivity index (χ4v) is 1.46. The molecular weight excluding hydrogens is 284 g/mol. The molecule has 0 aromatic rings. The zero-order valence-electron chi connectivity index (χ0n) is 11.6. The van der Waals surface area contributed by atoms with Gasteiger partial charge in [-0.2, -0.15) is 0 Å². The third-order valence-corrected chi connectivity index (χ3v) is 2.47. The number of guanidine groups is 1. The molecule has 8 N–H and O–H groups in total. The Morgan fingerprint density at radius 1 is 1.29 bits per heavy atom. The Morgan fingerprint density at radius 2 is 1.95 bits per heavy atom. The molecule has 0 radical (unpaired) electrons. The van der Waals surface area contributed by atoms with Crippen LogP contribution in [0.3, 0.4) is 0 Å². The van der Waals surface area contributed by atoms with Gasteiger partial charge in [0.05, 0.1) is 6.61 Å². The lowest BCUT2D eigenvalue weighted by molar-refractivity contribution is -0.154. The van der Waals surface area contributed by atoms with Crippen LogP contribution in [0.15, 0.2) is 4.99 Å². The van der Waals surface area contributed by atoms with Crippen LogP contribution in [0.25, 0.3) is 0 Å². The normalized spacial score (nSPS) is 13.2. The number of nitrogens with two attached hydrogens (primary N) is 2. The highest BCUT2D eigenvalue weighted by Crippen LogP contribution is 2.00. The molecule has 0 aromatic heterocycles. The molecule has 0 saturated heterocycles.